The van der Waals surface area contributed by atoms with Crippen LogP contribution in [0, 0.1) is 0 Å². The van der Waals surface area contributed by atoms with Crippen LogP contribution < -0.4 is 16.4 Å². The third kappa shape index (κ3) is 8.58. The number of carboxylic acid groups (broad SMARTS) is 1. The summed E-state index contributed by atoms with van der Waals surface area (Å²) >= 11 is 3.29. The second-order valence-corrected chi connectivity index (χ2v) is 13.2. The third-order valence-corrected chi connectivity index (χ3v) is 8.75. The number of fused-ring (bicyclic) bond motifs is 1. The molecular weight excluding hydrogens is 655 g/mol. The van der Waals surface area contributed by atoms with Gasteiger partial charge in [0.05, 0.1) is 13.2 Å². The molecule has 0 bridgehead atoms. The molecule has 2 aromatic heterocycles. The number of hydrogen-bond donors (Lipinski definition) is 5. The van der Waals surface area contributed by atoms with Crippen LogP contribution in [0.1, 0.15) is 33.0 Å². The molecular formula is C23H31N11O8S3. The molecule has 2 aliphatic rings. The average Bonchev–Trinajstić information content (AvgIpc) is 3.61. The van der Waals surface area contributed by atoms with Crippen LogP contribution >= 0.6 is 35.1 Å². The highest BCUT2D eigenvalue weighted by molar-refractivity contribution is 8.01. The van der Waals surface area contributed by atoms with Crippen LogP contribution in [0.4, 0.5) is 9.93 Å². The summed E-state index contributed by atoms with van der Waals surface area (Å²) in [7, 11) is 0. The molecule has 1 unspecified atom stereocenters. The van der Waals surface area contributed by atoms with Crippen LogP contribution in [0.25, 0.3) is 0 Å². The van der Waals surface area contributed by atoms with Gasteiger partial charge < -0.3 is 36.2 Å². The summed E-state index contributed by atoms with van der Waals surface area (Å²) in [6.45, 7) is 5.46. The summed E-state index contributed by atoms with van der Waals surface area (Å²) in [6, 6.07) is -1.05. The number of amides is 3. The quantitative estimate of drug-likeness (QED) is 0.0539. The minimum Gasteiger partial charge on any atom is -0.477 e. The Morgan fingerprint density at radius 1 is 1.29 bits per heavy atom. The van der Waals surface area contributed by atoms with Crippen molar-refractivity contribution in [1.82, 2.24) is 45.1 Å². The van der Waals surface area contributed by atoms with Gasteiger partial charge in [0.1, 0.15) is 29.3 Å². The third-order valence-electron chi connectivity index (χ3n) is 5.83. The number of nitrogens with zero attached hydrogens (tertiary/aromatic N) is 8. The first-order valence-electron chi connectivity index (χ1n) is 13.4. The lowest BCUT2D eigenvalue weighted by Crippen LogP contribution is -2.71. The number of rotatable bonds is 14. The number of nitrogens with one attached hydrogen (secondary N) is 2. The largest absolute Gasteiger partial charge is 0.477 e. The topological polar surface area (TPSA) is 262 Å². The zero-order valence-corrected chi connectivity index (χ0v) is 26.8. The van der Waals surface area contributed by atoms with Crippen molar-refractivity contribution >= 4 is 69.8 Å². The molecule has 3 amide bonds. The van der Waals surface area contributed by atoms with Crippen molar-refractivity contribution in [2.24, 2.45) is 5.16 Å². The number of aliphatic hydroxyl groups excluding tert-OH is 1. The molecule has 0 saturated carbocycles. The lowest BCUT2D eigenvalue weighted by molar-refractivity contribution is -0.150. The molecule has 244 valence electrons. The molecule has 2 atom stereocenters. The predicted octanol–water partition coefficient (Wildman–Crippen LogP) is -0.734. The summed E-state index contributed by atoms with van der Waals surface area (Å²) in [5, 5.41) is 39.2. The number of hydrogen-bond acceptors (Lipinski definition) is 17. The van der Waals surface area contributed by atoms with E-state index in [0.717, 1.165) is 16.4 Å². The Labute approximate surface area is 268 Å². The molecule has 19 nitrogen and oxygen atoms in total. The molecule has 0 spiro atoms. The fourth-order valence-electron chi connectivity index (χ4n) is 3.96. The number of ether oxygens (including phenoxy) is 1. The number of nitrogens with two attached hydrogens (primary N) is 1. The molecule has 4 rings (SSSR count). The van der Waals surface area contributed by atoms with E-state index in [-0.39, 0.29) is 60.2 Å². The van der Waals surface area contributed by atoms with Crippen LogP contribution in [-0.2, 0) is 30.5 Å². The Bertz CT molecular complexity index is 1490. The van der Waals surface area contributed by atoms with E-state index in [2.05, 4.69) is 40.7 Å². The molecule has 2 aromatic rings. The van der Waals surface area contributed by atoms with Gasteiger partial charge in [-0.05, 0) is 36.8 Å². The molecule has 1 saturated heterocycles. The van der Waals surface area contributed by atoms with E-state index in [4.69, 9.17) is 20.4 Å². The van der Waals surface area contributed by atoms with Crippen LogP contribution in [0.5, 0.6) is 0 Å². The van der Waals surface area contributed by atoms with Crippen molar-refractivity contribution in [3.05, 3.63) is 17.1 Å². The molecule has 45 heavy (non-hydrogen) atoms. The maximum atomic E-state index is 13.3. The van der Waals surface area contributed by atoms with Crippen molar-refractivity contribution < 1.29 is 39.0 Å². The van der Waals surface area contributed by atoms with Gasteiger partial charge in [-0.15, -0.1) is 16.9 Å². The van der Waals surface area contributed by atoms with E-state index in [1.54, 1.807) is 20.8 Å². The number of anilines is 1. The number of carbonyl (C=O) groups excluding carboxylic acids is 3. The van der Waals surface area contributed by atoms with E-state index in [0.29, 0.717) is 17.2 Å². The molecule has 6 N–H and O–H groups in total. The zero-order chi connectivity index (χ0) is 32.7. The first-order chi connectivity index (χ1) is 21.4. The molecule has 2 aliphatic heterocycles. The van der Waals surface area contributed by atoms with Gasteiger partial charge >= 0.3 is 12.1 Å². The normalized spacial score (nSPS) is 18.3. The van der Waals surface area contributed by atoms with Crippen molar-refractivity contribution in [2.75, 3.05) is 37.0 Å². The molecule has 22 heteroatoms. The first-order valence-corrected chi connectivity index (χ1v) is 16.2. The van der Waals surface area contributed by atoms with Gasteiger partial charge in [-0.3, -0.25) is 14.5 Å². The average molecular weight is 686 g/mol. The van der Waals surface area contributed by atoms with Crippen molar-refractivity contribution in [1.29, 1.82) is 0 Å². The number of aliphatic hydroxyl groups is 1. The Morgan fingerprint density at radius 3 is 2.73 bits per heavy atom. The number of carbonyl (C=O) groups is 4. The summed E-state index contributed by atoms with van der Waals surface area (Å²) in [5.41, 5.74) is 5.01. The smallest absolute Gasteiger partial charge is 0.407 e. The Hall–Kier alpha value is -4.02. The summed E-state index contributed by atoms with van der Waals surface area (Å²) in [4.78, 5) is 60.8. The maximum Gasteiger partial charge on any atom is 0.407 e. The van der Waals surface area contributed by atoms with Crippen LogP contribution in [0.3, 0.4) is 0 Å². The van der Waals surface area contributed by atoms with Gasteiger partial charge in [0.2, 0.25) is 16.7 Å². The number of aromatic nitrogens is 6. The van der Waals surface area contributed by atoms with E-state index < -0.39 is 40.9 Å². The number of oxime groups is 1. The zero-order valence-electron chi connectivity index (χ0n) is 24.3. The summed E-state index contributed by atoms with van der Waals surface area (Å²) < 4.78 is 10.6. The number of carboxylic acids is 1. The molecule has 0 aliphatic carbocycles. The van der Waals surface area contributed by atoms with Crippen molar-refractivity contribution in [3.8, 4) is 0 Å². The predicted molar refractivity (Wildman–Crippen MR) is 161 cm³/mol. The Kier molecular flexibility index (Phi) is 11.2. The summed E-state index contributed by atoms with van der Waals surface area (Å²) in [5.74, 6) is -2.39. The van der Waals surface area contributed by atoms with Crippen LogP contribution in [-0.4, -0.2) is 123 Å². The number of tetrazole rings is 1. The van der Waals surface area contributed by atoms with Gasteiger partial charge in [-0.2, -0.15) is 9.36 Å². The lowest BCUT2D eigenvalue weighted by Gasteiger charge is -2.49. The van der Waals surface area contributed by atoms with Crippen molar-refractivity contribution in [2.45, 2.75) is 55.9 Å². The number of alkyl carbamates (subject to hydrolysis) is 1. The summed E-state index contributed by atoms with van der Waals surface area (Å²) in [6.07, 6.45) is -0.250. The van der Waals surface area contributed by atoms with E-state index in [1.807, 2.05) is 0 Å². The van der Waals surface area contributed by atoms with E-state index in [1.165, 1.54) is 28.2 Å². The highest BCUT2D eigenvalue weighted by Gasteiger charge is 2.54. The maximum absolute atomic E-state index is 13.3. The van der Waals surface area contributed by atoms with Gasteiger partial charge in [-0.1, -0.05) is 16.9 Å². The fraction of sp³-hybridized carbons (Fsp3) is 0.565. The number of aliphatic carboxylic acids is 1. The van der Waals surface area contributed by atoms with E-state index in [9.17, 15) is 24.3 Å². The minimum atomic E-state index is -1.29. The second-order valence-electron chi connectivity index (χ2n) is 10.3. The molecule has 0 aromatic carbocycles. The monoisotopic (exact) mass is 685 g/mol. The van der Waals surface area contributed by atoms with Gasteiger partial charge in [0.15, 0.2) is 5.13 Å². The molecule has 4 heterocycles. The van der Waals surface area contributed by atoms with Gasteiger partial charge in [-0.25, -0.2) is 14.3 Å². The highest BCUT2D eigenvalue weighted by atomic mass is 32.2. The van der Waals surface area contributed by atoms with Crippen LogP contribution in [0.2, 0.25) is 0 Å². The highest BCUT2D eigenvalue weighted by Crippen LogP contribution is 2.41. The standard InChI is InChI=1S/C23H31N11O8S3/c1-23(2,3)42-22(40)25-5-4-8-41-29-12(15-27-20(24)45-30-15)16(36)26-13-17(37)34-14(19(38)39)11(9-43-18(13)34)10-44-21-28-31-32-33(21)6-7-35/h13,18,35H,4-10H2,1-3H3,(H,25,40)(H,26,36)(H,38,39)(H2,24,27,30)/t13?,18-/m0/s1. The molecule has 0 radical (unpaired) electrons. The van der Waals surface area contributed by atoms with E-state index >= 15 is 0 Å². The van der Waals surface area contributed by atoms with Crippen LogP contribution in [0.15, 0.2) is 21.6 Å². The lowest BCUT2D eigenvalue weighted by atomic mass is 10.0. The van der Waals surface area contributed by atoms with Gasteiger partial charge in [0.25, 0.3) is 11.8 Å². The fourth-order valence-corrected chi connectivity index (χ4v) is 6.78. The number of β-lactam (4-membered cyclic amide) rings is 1. The van der Waals surface area contributed by atoms with Crippen molar-refractivity contribution in [3.63, 3.8) is 0 Å². The SMILES string of the molecule is CC(C)(C)OC(=O)NCCCON=C(C(=O)NC1C(=O)N2C(C(=O)O)=C(CSc3nnnn3CCO)CS[C@@H]12)c1nsc(N)n1. The Balaban J connectivity index is 1.38. The minimum absolute atomic E-state index is 0.0146. The number of nitrogen functional groups attached to an aromatic ring is 1. The molecule has 1 fully saturated rings. The second kappa shape index (κ2) is 14.8. The Morgan fingerprint density at radius 2 is 2.07 bits per heavy atom. The van der Waals surface area contributed by atoms with Gasteiger partial charge in [0, 0.05) is 36.0 Å². The first kappa shape index (κ1) is 33.9. The number of thioether (sulfide) groups is 2.